The van der Waals surface area contributed by atoms with E-state index < -0.39 is 17.9 Å². The molecule has 2 N–H and O–H groups in total. The van der Waals surface area contributed by atoms with E-state index in [1.165, 1.54) is 44.1 Å². The Morgan fingerprint density at radius 2 is 1.62 bits per heavy atom. The first-order valence-electron chi connectivity index (χ1n) is 11.1. The Kier molecular flexibility index (Phi) is 5.58. The zero-order valence-corrected chi connectivity index (χ0v) is 17.5. The molecule has 0 saturated heterocycles. The van der Waals surface area contributed by atoms with E-state index in [0.29, 0.717) is 17.6 Å². The molecule has 4 aliphatic carbocycles. The van der Waals surface area contributed by atoms with Crippen LogP contribution in [0, 0.1) is 23.7 Å². The van der Waals surface area contributed by atoms with Crippen molar-refractivity contribution in [3.8, 4) is 5.75 Å². The Morgan fingerprint density at radius 3 is 2.10 bits per heavy atom. The molecule has 1 aromatic carbocycles. The number of carboxylic acids is 1. The molecule has 1 aromatic rings. The number of amides is 1. The van der Waals surface area contributed by atoms with Crippen LogP contribution in [0.3, 0.4) is 0 Å². The highest BCUT2D eigenvalue weighted by Crippen LogP contribution is 2.60. The molecule has 0 aromatic heterocycles. The Hall–Kier alpha value is -2.04. The zero-order valence-electron chi connectivity index (χ0n) is 17.5. The molecule has 0 radical (unpaired) electrons. The lowest BCUT2D eigenvalue weighted by Gasteiger charge is -2.57. The summed E-state index contributed by atoms with van der Waals surface area (Å²) in [6, 6.07) is 7.41. The van der Waals surface area contributed by atoms with Crippen molar-refractivity contribution in [2.24, 2.45) is 23.7 Å². The third-order valence-corrected chi connectivity index (χ3v) is 7.22. The third kappa shape index (κ3) is 4.44. The molecule has 5 heteroatoms. The zero-order chi connectivity index (χ0) is 20.6. The molecule has 158 valence electrons. The first-order chi connectivity index (χ1) is 13.8. The van der Waals surface area contributed by atoms with E-state index >= 15 is 0 Å². The van der Waals surface area contributed by atoms with Gasteiger partial charge < -0.3 is 15.2 Å². The molecular weight excluding hydrogens is 366 g/mol. The van der Waals surface area contributed by atoms with Crippen LogP contribution in [0.4, 0.5) is 0 Å². The van der Waals surface area contributed by atoms with Crippen LogP contribution in [0.1, 0.15) is 64.4 Å². The topological polar surface area (TPSA) is 75.6 Å². The minimum atomic E-state index is -1.01. The average Bonchev–Trinajstić information content (AvgIpc) is 2.65. The molecule has 29 heavy (non-hydrogen) atoms. The van der Waals surface area contributed by atoms with Crippen LogP contribution in [0.5, 0.6) is 5.75 Å². The molecule has 0 aliphatic heterocycles. The summed E-state index contributed by atoms with van der Waals surface area (Å²) in [6.45, 7) is 3.70. The van der Waals surface area contributed by atoms with Crippen LogP contribution in [0.15, 0.2) is 24.3 Å². The van der Waals surface area contributed by atoms with Gasteiger partial charge in [0.15, 0.2) is 6.61 Å². The van der Waals surface area contributed by atoms with Gasteiger partial charge in [0.1, 0.15) is 11.8 Å². The maximum atomic E-state index is 12.1. The number of carboxylic acid groups (broad SMARTS) is 1. The summed E-state index contributed by atoms with van der Waals surface area (Å²) in [5.41, 5.74) is 1.78. The van der Waals surface area contributed by atoms with Gasteiger partial charge in [-0.3, -0.25) is 4.79 Å². The van der Waals surface area contributed by atoms with E-state index in [0.717, 1.165) is 17.8 Å². The van der Waals surface area contributed by atoms with Crippen molar-refractivity contribution < 1.29 is 19.4 Å². The van der Waals surface area contributed by atoms with Crippen molar-refractivity contribution >= 4 is 11.9 Å². The monoisotopic (exact) mass is 399 g/mol. The Balaban J connectivity index is 1.33. The van der Waals surface area contributed by atoms with Gasteiger partial charge in [0.25, 0.3) is 5.91 Å². The summed E-state index contributed by atoms with van der Waals surface area (Å²) in [4.78, 5) is 23.4. The van der Waals surface area contributed by atoms with Gasteiger partial charge in [0.2, 0.25) is 0 Å². The normalized spacial score (nSPS) is 30.9. The number of nitrogens with one attached hydrogen (secondary N) is 1. The highest BCUT2D eigenvalue weighted by Gasteiger charge is 2.51. The van der Waals surface area contributed by atoms with Crippen molar-refractivity contribution in [3.63, 3.8) is 0 Å². The van der Waals surface area contributed by atoms with Gasteiger partial charge in [-0.1, -0.05) is 26.0 Å². The molecule has 0 unspecified atom stereocenters. The fourth-order valence-corrected chi connectivity index (χ4v) is 6.45. The van der Waals surface area contributed by atoms with Crippen LogP contribution < -0.4 is 10.1 Å². The highest BCUT2D eigenvalue weighted by molar-refractivity contribution is 5.84. The largest absolute Gasteiger partial charge is 0.484 e. The number of hydrogen-bond acceptors (Lipinski definition) is 3. The maximum Gasteiger partial charge on any atom is 0.326 e. The summed E-state index contributed by atoms with van der Waals surface area (Å²) >= 11 is 0. The second-order valence-electron chi connectivity index (χ2n) is 10.1. The second-order valence-corrected chi connectivity index (χ2v) is 10.1. The predicted molar refractivity (Wildman–Crippen MR) is 111 cm³/mol. The fraction of sp³-hybridized carbons (Fsp3) is 0.667. The Bertz CT molecular complexity index is 719. The summed E-state index contributed by atoms with van der Waals surface area (Å²) in [6.07, 6.45) is 8.69. The van der Waals surface area contributed by atoms with Crippen LogP contribution in [-0.2, 0) is 15.0 Å². The molecular formula is C24H33NO4. The number of benzene rings is 1. The molecule has 4 aliphatic rings. The molecule has 4 fully saturated rings. The lowest BCUT2D eigenvalue weighted by molar-refractivity contribution is -0.142. The number of hydrogen-bond donors (Lipinski definition) is 2. The summed E-state index contributed by atoms with van der Waals surface area (Å²) in [5.74, 6) is 2.17. The number of ether oxygens (including phenoxy) is 1. The minimum Gasteiger partial charge on any atom is -0.484 e. The number of carbonyl (C=O) groups excluding carboxylic acids is 1. The van der Waals surface area contributed by atoms with Crippen molar-refractivity contribution in [3.05, 3.63) is 29.8 Å². The van der Waals surface area contributed by atoms with Crippen molar-refractivity contribution in [1.82, 2.24) is 5.32 Å². The van der Waals surface area contributed by atoms with E-state index in [2.05, 4.69) is 17.4 Å². The molecule has 1 amide bonds. The molecule has 1 atom stereocenters. The number of carbonyl (C=O) groups is 2. The minimum absolute atomic E-state index is 0.168. The molecule has 4 saturated carbocycles. The fourth-order valence-electron chi connectivity index (χ4n) is 6.45. The average molecular weight is 400 g/mol. The molecule has 5 rings (SSSR count). The second kappa shape index (κ2) is 8.00. The number of aliphatic carboxylic acids is 1. The summed E-state index contributed by atoms with van der Waals surface area (Å²) in [5, 5.41) is 11.8. The smallest absolute Gasteiger partial charge is 0.326 e. The van der Waals surface area contributed by atoms with Gasteiger partial charge in [0, 0.05) is 0 Å². The van der Waals surface area contributed by atoms with Crippen molar-refractivity contribution in [2.45, 2.75) is 70.3 Å². The highest BCUT2D eigenvalue weighted by atomic mass is 16.5. The lowest BCUT2D eigenvalue weighted by Crippen LogP contribution is -2.48. The molecule has 5 nitrogen and oxygen atoms in total. The van der Waals surface area contributed by atoms with Crippen molar-refractivity contribution in [2.75, 3.05) is 6.61 Å². The van der Waals surface area contributed by atoms with Crippen molar-refractivity contribution in [1.29, 1.82) is 0 Å². The van der Waals surface area contributed by atoms with Crippen LogP contribution in [-0.4, -0.2) is 29.6 Å². The molecule has 0 spiro atoms. The standard InChI is InChI=1S/C24H33NO4/c1-15(2)7-21(23(27)28)25-22(26)14-29-20-5-3-19(4-6-20)24-11-16-8-17(12-24)10-18(9-16)13-24/h3-6,15-18,21H,7-14H2,1-2H3,(H,25,26)(H,27,28)/t16?,17?,18?,21-,24?/m0/s1. The van der Waals surface area contributed by atoms with E-state index in [-0.39, 0.29) is 12.5 Å². The SMILES string of the molecule is CC(C)C[C@H](NC(=O)COc1ccc(C23CC4CC(CC(C4)C2)C3)cc1)C(=O)O. The van der Waals surface area contributed by atoms with Gasteiger partial charge in [-0.15, -0.1) is 0 Å². The lowest BCUT2D eigenvalue weighted by atomic mass is 9.48. The van der Waals surface area contributed by atoms with Gasteiger partial charge in [-0.05, 0) is 91.7 Å². The number of rotatable bonds is 8. The Morgan fingerprint density at radius 1 is 1.07 bits per heavy atom. The quantitative estimate of drug-likeness (QED) is 0.689. The van der Waals surface area contributed by atoms with Crippen LogP contribution in [0.25, 0.3) is 0 Å². The van der Waals surface area contributed by atoms with Gasteiger partial charge in [0.05, 0.1) is 0 Å². The van der Waals surface area contributed by atoms with Gasteiger partial charge >= 0.3 is 5.97 Å². The maximum absolute atomic E-state index is 12.1. The van der Waals surface area contributed by atoms with E-state index in [9.17, 15) is 14.7 Å². The van der Waals surface area contributed by atoms with Gasteiger partial charge in [-0.2, -0.15) is 0 Å². The van der Waals surface area contributed by atoms with Crippen LogP contribution in [0.2, 0.25) is 0 Å². The molecule has 4 bridgehead atoms. The van der Waals surface area contributed by atoms with Gasteiger partial charge in [-0.25, -0.2) is 4.79 Å². The first-order valence-corrected chi connectivity index (χ1v) is 11.1. The third-order valence-electron chi connectivity index (χ3n) is 7.22. The predicted octanol–water partition coefficient (Wildman–Crippen LogP) is 4.15. The molecule has 0 heterocycles. The van der Waals surface area contributed by atoms with E-state index in [1.807, 2.05) is 26.0 Å². The van der Waals surface area contributed by atoms with E-state index in [4.69, 9.17) is 4.74 Å². The summed E-state index contributed by atoms with van der Waals surface area (Å²) in [7, 11) is 0. The van der Waals surface area contributed by atoms with Crippen LogP contribution >= 0.6 is 0 Å². The van der Waals surface area contributed by atoms with E-state index in [1.54, 1.807) is 0 Å². The Labute approximate surface area is 173 Å². The first kappa shape index (κ1) is 20.2. The summed E-state index contributed by atoms with van der Waals surface area (Å²) < 4.78 is 5.62.